The Morgan fingerprint density at radius 1 is 1.36 bits per heavy atom. The third-order valence-electron chi connectivity index (χ3n) is 4.88. The fourth-order valence-corrected chi connectivity index (χ4v) is 3.30. The molecule has 1 aliphatic heterocycles. The summed E-state index contributed by atoms with van der Waals surface area (Å²) in [7, 11) is 0. The van der Waals surface area contributed by atoms with Crippen LogP contribution in [-0.4, -0.2) is 38.0 Å². The highest BCUT2D eigenvalue weighted by molar-refractivity contribution is 6.01. The number of carbonyl (C=O) groups is 2. The van der Waals surface area contributed by atoms with E-state index in [1.165, 1.54) is 23.4 Å². The van der Waals surface area contributed by atoms with Crippen molar-refractivity contribution in [3.8, 4) is 0 Å². The lowest BCUT2D eigenvalue weighted by atomic mass is 10.0. The average Bonchev–Trinajstić information content (AvgIpc) is 2.96. The van der Waals surface area contributed by atoms with E-state index in [0.29, 0.717) is 27.9 Å². The predicted molar refractivity (Wildman–Crippen MR) is 92.8 cm³/mol. The number of alkyl halides is 3. The molecule has 0 spiro atoms. The van der Waals surface area contributed by atoms with Crippen molar-refractivity contribution < 1.29 is 27.9 Å². The summed E-state index contributed by atoms with van der Waals surface area (Å²) in [6, 6.07) is 2.78. The van der Waals surface area contributed by atoms with Crippen LogP contribution < -0.4 is 0 Å². The number of fused-ring (bicyclic) bond motifs is 1. The molecule has 9 heteroatoms. The van der Waals surface area contributed by atoms with E-state index in [4.69, 9.17) is 0 Å². The number of carbonyl (C=O) groups excluding carboxylic acids is 1. The summed E-state index contributed by atoms with van der Waals surface area (Å²) in [6.45, 7) is 3.55. The Balaban J connectivity index is 1.82. The lowest BCUT2D eigenvalue weighted by Gasteiger charge is -2.25. The van der Waals surface area contributed by atoms with Gasteiger partial charge in [-0.05, 0) is 37.5 Å². The number of carboxylic acid groups (broad SMARTS) is 1. The van der Waals surface area contributed by atoms with Gasteiger partial charge in [-0.3, -0.25) is 9.78 Å². The highest BCUT2D eigenvalue weighted by Gasteiger charge is 2.35. The quantitative estimate of drug-likeness (QED) is 0.838. The molecule has 0 bridgehead atoms. The number of amides is 1. The van der Waals surface area contributed by atoms with Gasteiger partial charge in [-0.25, -0.2) is 9.78 Å². The normalized spacial score (nSPS) is 14.9. The van der Waals surface area contributed by atoms with E-state index >= 15 is 0 Å². The first-order chi connectivity index (χ1) is 13.1. The van der Waals surface area contributed by atoms with Crippen LogP contribution in [0.1, 0.15) is 62.6 Å². The Kier molecular flexibility index (Phi) is 5.10. The molecule has 3 rings (SSSR count). The van der Waals surface area contributed by atoms with Crippen LogP contribution in [0.15, 0.2) is 24.5 Å². The van der Waals surface area contributed by atoms with Crippen molar-refractivity contribution in [1.29, 1.82) is 0 Å². The number of pyridine rings is 2. The SMILES string of the molecule is Cc1cc(C(C)N2Cc3c(ccnc3C(=O)O)C2=O)cnc1CCC(F)(F)F. The molecule has 3 heterocycles. The maximum absolute atomic E-state index is 12.7. The van der Waals surface area contributed by atoms with Crippen LogP contribution in [0.3, 0.4) is 0 Å². The van der Waals surface area contributed by atoms with Crippen LogP contribution in [0, 0.1) is 6.92 Å². The standard InChI is InChI=1S/C19H18F3N3O3/c1-10-7-12(8-24-15(10)3-5-19(20,21)22)11(2)25-9-14-13(17(25)26)4-6-23-16(14)18(27)28/h4,6-8,11H,3,5,9H2,1-2H3,(H,27,28). The van der Waals surface area contributed by atoms with E-state index in [0.717, 1.165) is 0 Å². The molecule has 0 saturated carbocycles. The smallest absolute Gasteiger partial charge is 0.389 e. The minimum atomic E-state index is -4.25. The zero-order valence-corrected chi connectivity index (χ0v) is 15.2. The number of nitrogens with zero attached hydrogens (tertiary/aromatic N) is 3. The van der Waals surface area contributed by atoms with Gasteiger partial charge in [0.15, 0.2) is 5.69 Å². The number of aromatic nitrogens is 2. The Morgan fingerprint density at radius 2 is 2.07 bits per heavy atom. The number of halogens is 3. The van der Waals surface area contributed by atoms with Crippen molar-refractivity contribution in [3.63, 3.8) is 0 Å². The van der Waals surface area contributed by atoms with Gasteiger partial charge in [-0.2, -0.15) is 13.2 Å². The molecule has 0 aromatic carbocycles. The molecule has 1 aliphatic rings. The molecular formula is C19H18F3N3O3. The van der Waals surface area contributed by atoms with Crippen LogP contribution in [0.4, 0.5) is 13.2 Å². The minimum Gasteiger partial charge on any atom is -0.477 e. The van der Waals surface area contributed by atoms with Gasteiger partial charge >= 0.3 is 12.1 Å². The summed E-state index contributed by atoms with van der Waals surface area (Å²) in [5.41, 5.74) is 2.15. The van der Waals surface area contributed by atoms with E-state index in [1.54, 1.807) is 19.9 Å². The van der Waals surface area contributed by atoms with E-state index < -0.39 is 24.6 Å². The molecule has 1 unspecified atom stereocenters. The number of hydrogen-bond donors (Lipinski definition) is 1. The van der Waals surface area contributed by atoms with Crippen molar-refractivity contribution >= 4 is 11.9 Å². The summed E-state index contributed by atoms with van der Waals surface area (Å²) in [6.07, 6.45) is -2.64. The largest absolute Gasteiger partial charge is 0.477 e. The average molecular weight is 393 g/mol. The number of carboxylic acids is 1. The first-order valence-corrected chi connectivity index (χ1v) is 8.63. The zero-order chi connectivity index (χ0) is 20.6. The molecule has 2 aromatic heterocycles. The second-order valence-electron chi connectivity index (χ2n) is 6.75. The van der Waals surface area contributed by atoms with Gasteiger partial charge in [0.2, 0.25) is 0 Å². The van der Waals surface area contributed by atoms with Crippen molar-refractivity contribution in [3.05, 3.63) is 58.2 Å². The maximum Gasteiger partial charge on any atom is 0.389 e. The highest BCUT2D eigenvalue weighted by atomic mass is 19.4. The molecule has 1 atom stereocenters. The van der Waals surface area contributed by atoms with Crippen LogP contribution in [-0.2, 0) is 13.0 Å². The summed E-state index contributed by atoms with van der Waals surface area (Å²) in [5.74, 6) is -1.52. The van der Waals surface area contributed by atoms with E-state index in [1.807, 2.05) is 0 Å². The fraction of sp³-hybridized carbons (Fsp3) is 0.368. The van der Waals surface area contributed by atoms with Crippen LogP contribution in [0.5, 0.6) is 0 Å². The maximum atomic E-state index is 12.7. The van der Waals surface area contributed by atoms with Gasteiger partial charge in [0.1, 0.15) is 0 Å². The topological polar surface area (TPSA) is 83.4 Å². The highest BCUT2D eigenvalue weighted by Crippen LogP contribution is 2.33. The second kappa shape index (κ2) is 7.21. The second-order valence-corrected chi connectivity index (χ2v) is 6.75. The first kappa shape index (κ1) is 19.8. The molecule has 6 nitrogen and oxygen atoms in total. The minimum absolute atomic E-state index is 0.0969. The first-order valence-electron chi connectivity index (χ1n) is 8.63. The molecule has 0 aliphatic carbocycles. The van der Waals surface area contributed by atoms with Crippen molar-refractivity contribution in [1.82, 2.24) is 14.9 Å². The Morgan fingerprint density at radius 3 is 2.68 bits per heavy atom. The zero-order valence-electron chi connectivity index (χ0n) is 15.2. The lowest BCUT2D eigenvalue weighted by molar-refractivity contribution is -0.134. The molecule has 148 valence electrons. The van der Waals surface area contributed by atoms with Crippen molar-refractivity contribution in [2.45, 2.75) is 45.5 Å². The number of aromatic carboxylic acids is 1. The lowest BCUT2D eigenvalue weighted by Crippen LogP contribution is -2.27. The predicted octanol–water partition coefficient (Wildman–Crippen LogP) is 3.70. The van der Waals surface area contributed by atoms with Gasteiger partial charge in [0.25, 0.3) is 5.91 Å². The summed E-state index contributed by atoms with van der Waals surface area (Å²) in [5, 5.41) is 9.27. The van der Waals surface area contributed by atoms with Crippen molar-refractivity contribution in [2.24, 2.45) is 0 Å². The van der Waals surface area contributed by atoms with Gasteiger partial charge in [0, 0.05) is 42.2 Å². The van der Waals surface area contributed by atoms with Gasteiger partial charge < -0.3 is 10.0 Å². The van der Waals surface area contributed by atoms with Crippen LogP contribution >= 0.6 is 0 Å². The summed E-state index contributed by atoms with van der Waals surface area (Å²) >= 11 is 0. The molecule has 0 radical (unpaired) electrons. The number of hydrogen-bond acceptors (Lipinski definition) is 4. The Hall–Kier alpha value is -2.97. The third-order valence-corrected chi connectivity index (χ3v) is 4.88. The Labute approximate surface area is 159 Å². The van der Waals surface area contributed by atoms with E-state index in [9.17, 15) is 27.9 Å². The summed E-state index contributed by atoms with van der Waals surface area (Å²) < 4.78 is 37.3. The molecule has 2 aromatic rings. The molecule has 0 saturated heterocycles. The van der Waals surface area contributed by atoms with Gasteiger partial charge in [-0.1, -0.05) is 6.07 Å². The number of aryl methyl sites for hydroxylation is 2. The molecule has 28 heavy (non-hydrogen) atoms. The van der Waals surface area contributed by atoms with Gasteiger partial charge in [0.05, 0.1) is 6.04 Å². The monoisotopic (exact) mass is 393 g/mol. The molecule has 1 amide bonds. The Bertz CT molecular complexity index is 944. The summed E-state index contributed by atoms with van der Waals surface area (Å²) in [4.78, 5) is 33.5. The van der Waals surface area contributed by atoms with Crippen LogP contribution in [0.25, 0.3) is 0 Å². The molecule has 0 fully saturated rings. The third kappa shape index (κ3) is 3.83. The molecular weight excluding hydrogens is 375 g/mol. The van der Waals surface area contributed by atoms with Crippen LogP contribution in [0.2, 0.25) is 0 Å². The van der Waals surface area contributed by atoms with E-state index in [2.05, 4.69) is 9.97 Å². The number of rotatable bonds is 5. The van der Waals surface area contributed by atoms with Crippen molar-refractivity contribution in [2.75, 3.05) is 0 Å². The molecule has 1 N–H and O–H groups in total. The van der Waals surface area contributed by atoms with E-state index in [-0.39, 0.29) is 24.6 Å². The van der Waals surface area contributed by atoms with Gasteiger partial charge in [-0.15, -0.1) is 0 Å². The fourth-order valence-electron chi connectivity index (χ4n) is 3.30.